The largest absolute Gasteiger partial charge is 0.489 e. The van der Waals surface area contributed by atoms with Crippen LogP contribution in [0.1, 0.15) is 38.4 Å². The van der Waals surface area contributed by atoms with Crippen LogP contribution in [0.2, 0.25) is 5.02 Å². The van der Waals surface area contributed by atoms with Crippen LogP contribution >= 0.6 is 11.6 Å². The summed E-state index contributed by atoms with van der Waals surface area (Å²) in [5, 5.41) is 19.2. The number of carbonyl (C=O) groups is 1. The van der Waals surface area contributed by atoms with Gasteiger partial charge in [-0.3, -0.25) is 19.6 Å². The van der Waals surface area contributed by atoms with Gasteiger partial charge < -0.3 is 10.1 Å². The average Bonchev–Trinajstić information content (AvgIpc) is 3.10. The van der Waals surface area contributed by atoms with Crippen LogP contribution in [0.5, 0.6) is 5.75 Å². The normalized spacial score (nSPS) is 10.8. The molecule has 0 saturated carbocycles. The number of aryl methyl sites for hydroxylation is 2. The number of nitro benzene ring substituents is 1. The minimum absolute atomic E-state index is 0.0440. The third-order valence-electron chi connectivity index (χ3n) is 5.80. The molecule has 0 atom stereocenters. The van der Waals surface area contributed by atoms with E-state index in [2.05, 4.69) is 10.4 Å². The molecule has 0 spiro atoms. The highest BCUT2D eigenvalue weighted by Crippen LogP contribution is 2.25. The molecule has 0 fully saturated rings. The number of amides is 1. The number of nitro groups is 1. The van der Waals surface area contributed by atoms with E-state index < -0.39 is 4.92 Å². The summed E-state index contributed by atoms with van der Waals surface area (Å²) in [6.45, 7) is 6.19. The van der Waals surface area contributed by atoms with Crippen molar-refractivity contribution < 1.29 is 14.5 Å². The van der Waals surface area contributed by atoms with Gasteiger partial charge in [-0.2, -0.15) is 5.10 Å². The fraction of sp³-hybridized carbons (Fsp3) is 0.185. The van der Waals surface area contributed by atoms with Gasteiger partial charge in [-0.25, -0.2) is 0 Å². The van der Waals surface area contributed by atoms with Gasteiger partial charge in [0.05, 0.1) is 28.5 Å². The van der Waals surface area contributed by atoms with Crippen LogP contribution in [0, 0.1) is 30.9 Å². The number of nitrogens with zero attached hydrogens (tertiary/aromatic N) is 3. The molecule has 4 rings (SSSR count). The molecule has 0 radical (unpaired) electrons. The number of hydrogen-bond donors (Lipinski definition) is 1. The van der Waals surface area contributed by atoms with E-state index in [9.17, 15) is 14.9 Å². The highest BCUT2D eigenvalue weighted by atomic mass is 35.5. The minimum Gasteiger partial charge on any atom is -0.489 e. The molecular weight excluding hydrogens is 480 g/mol. The van der Waals surface area contributed by atoms with Crippen molar-refractivity contribution in [3.05, 3.63) is 116 Å². The van der Waals surface area contributed by atoms with E-state index in [4.69, 9.17) is 16.3 Å². The summed E-state index contributed by atoms with van der Waals surface area (Å²) in [5.41, 5.74) is 5.09. The molecule has 0 aliphatic carbocycles. The van der Waals surface area contributed by atoms with Gasteiger partial charge in [0.25, 0.3) is 11.6 Å². The van der Waals surface area contributed by atoms with Crippen LogP contribution in [-0.4, -0.2) is 20.6 Å². The lowest BCUT2D eigenvalue weighted by molar-refractivity contribution is -0.385. The van der Waals surface area contributed by atoms with Crippen LogP contribution in [-0.2, 0) is 13.2 Å². The van der Waals surface area contributed by atoms with Gasteiger partial charge in [-0.05, 0) is 68.3 Å². The maximum absolute atomic E-state index is 13.0. The topological polar surface area (TPSA) is 99.3 Å². The first kappa shape index (κ1) is 24.9. The SMILES string of the molecule is Cc1cc(OCc2cccc(C(=O)Nc3c(C)nn(Cc4cccc(Cl)c4)c3C)c2)ccc1[N+](=O)[O-]. The third kappa shape index (κ3) is 5.72. The molecule has 9 heteroatoms. The minimum atomic E-state index is -0.425. The first-order valence-corrected chi connectivity index (χ1v) is 11.7. The molecule has 3 aromatic carbocycles. The van der Waals surface area contributed by atoms with Crippen molar-refractivity contribution in [2.24, 2.45) is 0 Å². The van der Waals surface area contributed by atoms with Crippen molar-refractivity contribution in [1.29, 1.82) is 0 Å². The van der Waals surface area contributed by atoms with Gasteiger partial charge in [0.2, 0.25) is 0 Å². The zero-order valence-corrected chi connectivity index (χ0v) is 20.9. The molecule has 1 heterocycles. The number of aromatic nitrogens is 2. The molecule has 1 N–H and O–H groups in total. The summed E-state index contributed by atoms with van der Waals surface area (Å²) < 4.78 is 7.63. The highest BCUT2D eigenvalue weighted by Gasteiger charge is 2.16. The quantitative estimate of drug-likeness (QED) is 0.226. The Bertz CT molecular complexity index is 1450. The highest BCUT2D eigenvalue weighted by molar-refractivity contribution is 6.30. The Morgan fingerprint density at radius 1 is 1.06 bits per heavy atom. The Hall–Kier alpha value is -4.17. The summed E-state index contributed by atoms with van der Waals surface area (Å²) in [5.74, 6) is 0.267. The van der Waals surface area contributed by atoms with Crippen LogP contribution < -0.4 is 10.1 Å². The lowest BCUT2D eigenvalue weighted by Crippen LogP contribution is -2.14. The molecule has 4 aromatic rings. The van der Waals surface area contributed by atoms with Crippen LogP contribution in [0.4, 0.5) is 11.4 Å². The number of carbonyl (C=O) groups excluding carboxylic acids is 1. The van der Waals surface area contributed by atoms with Gasteiger partial charge in [0.15, 0.2) is 0 Å². The predicted molar refractivity (Wildman–Crippen MR) is 139 cm³/mol. The Kier molecular flexibility index (Phi) is 7.36. The van der Waals surface area contributed by atoms with Gasteiger partial charge >= 0.3 is 0 Å². The molecule has 0 bridgehead atoms. The second-order valence-corrected chi connectivity index (χ2v) is 8.92. The maximum atomic E-state index is 13.0. The first-order chi connectivity index (χ1) is 17.2. The van der Waals surface area contributed by atoms with Crippen LogP contribution in [0.25, 0.3) is 0 Å². The zero-order valence-electron chi connectivity index (χ0n) is 20.1. The summed E-state index contributed by atoms with van der Waals surface area (Å²) in [7, 11) is 0. The summed E-state index contributed by atoms with van der Waals surface area (Å²) in [6.07, 6.45) is 0. The number of anilines is 1. The van der Waals surface area contributed by atoms with Crippen molar-refractivity contribution in [2.75, 3.05) is 5.32 Å². The van der Waals surface area contributed by atoms with Crippen molar-refractivity contribution in [2.45, 2.75) is 33.9 Å². The zero-order chi connectivity index (χ0) is 25.8. The number of halogens is 1. The monoisotopic (exact) mass is 504 g/mol. The first-order valence-electron chi connectivity index (χ1n) is 11.3. The van der Waals surface area contributed by atoms with E-state index in [0.29, 0.717) is 34.1 Å². The lowest BCUT2D eigenvalue weighted by Gasteiger charge is -2.10. The van der Waals surface area contributed by atoms with E-state index in [1.54, 1.807) is 37.3 Å². The van der Waals surface area contributed by atoms with E-state index in [1.165, 1.54) is 6.07 Å². The number of benzene rings is 3. The predicted octanol–water partition coefficient (Wildman–Crippen LogP) is 6.25. The maximum Gasteiger partial charge on any atom is 0.272 e. The molecule has 8 nitrogen and oxygen atoms in total. The third-order valence-corrected chi connectivity index (χ3v) is 6.04. The molecule has 0 saturated heterocycles. The molecule has 1 amide bonds. The number of nitrogens with one attached hydrogen (secondary N) is 1. The molecular formula is C27H25ClN4O4. The summed E-state index contributed by atoms with van der Waals surface area (Å²) in [4.78, 5) is 23.6. The van der Waals surface area contributed by atoms with Crippen molar-refractivity contribution in [3.8, 4) is 5.75 Å². The lowest BCUT2D eigenvalue weighted by atomic mass is 10.1. The molecule has 0 aliphatic rings. The number of ether oxygens (including phenoxy) is 1. The van der Waals surface area contributed by atoms with E-state index in [1.807, 2.05) is 48.9 Å². The average molecular weight is 505 g/mol. The van der Waals surface area contributed by atoms with Crippen molar-refractivity contribution in [3.63, 3.8) is 0 Å². The smallest absolute Gasteiger partial charge is 0.272 e. The Labute approximate surface area is 213 Å². The van der Waals surface area contributed by atoms with E-state index >= 15 is 0 Å². The second-order valence-electron chi connectivity index (χ2n) is 8.48. The standard InChI is InChI=1S/C27H25ClN4O4/c1-17-12-24(10-11-25(17)32(34)35)36-16-21-7-4-8-22(13-21)27(33)29-26-18(2)30-31(19(26)3)15-20-6-5-9-23(28)14-20/h4-14H,15-16H2,1-3H3,(H,29,33). The van der Waals surface area contributed by atoms with Gasteiger partial charge in [0, 0.05) is 22.2 Å². The van der Waals surface area contributed by atoms with Crippen molar-refractivity contribution in [1.82, 2.24) is 9.78 Å². The van der Waals surface area contributed by atoms with E-state index in [-0.39, 0.29) is 18.2 Å². The molecule has 0 aliphatic heterocycles. The summed E-state index contributed by atoms with van der Waals surface area (Å²) >= 11 is 6.10. The van der Waals surface area contributed by atoms with Crippen molar-refractivity contribution >= 4 is 28.9 Å². The Morgan fingerprint density at radius 3 is 2.53 bits per heavy atom. The van der Waals surface area contributed by atoms with Gasteiger partial charge in [-0.1, -0.05) is 35.9 Å². The van der Waals surface area contributed by atoms with Crippen LogP contribution in [0.15, 0.2) is 66.7 Å². The van der Waals surface area contributed by atoms with E-state index in [0.717, 1.165) is 22.5 Å². The number of rotatable bonds is 8. The number of hydrogen-bond acceptors (Lipinski definition) is 5. The Morgan fingerprint density at radius 2 is 1.81 bits per heavy atom. The fourth-order valence-corrected chi connectivity index (χ4v) is 4.13. The van der Waals surface area contributed by atoms with Gasteiger partial charge in [0.1, 0.15) is 12.4 Å². The molecule has 0 unspecified atom stereocenters. The Balaban J connectivity index is 1.44. The fourth-order valence-electron chi connectivity index (χ4n) is 3.92. The van der Waals surface area contributed by atoms with Gasteiger partial charge in [-0.15, -0.1) is 0 Å². The molecule has 36 heavy (non-hydrogen) atoms. The van der Waals surface area contributed by atoms with Crippen LogP contribution in [0.3, 0.4) is 0 Å². The summed E-state index contributed by atoms with van der Waals surface area (Å²) in [6, 6.07) is 19.3. The second kappa shape index (κ2) is 10.6. The molecule has 184 valence electrons. The molecule has 1 aromatic heterocycles.